The van der Waals surface area contributed by atoms with Gasteiger partial charge in [-0.25, -0.2) is 0 Å². The van der Waals surface area contributed by atoms with E-state index >= 15 is 0 Å². The number of hydrogen-bond acceptors (Lipinski definition) is 4. The number of azide groups is 1. The maximum Gasteiger partial charge on any atom is 0.0770 e. The third kappa shape index (κ3) is 4.93. The van der Waals surface area contributed by atoms with E-state index in [4.69, 9.17) is 10.1 Å². The van der Waals surface area contributed by atoms with Crippen molar-refractivity contribution in [3.63, 3.8) is 0 Å². The monoisotopic (exact) mass is 296 g/mol. The zero-order valence-electron chi connectivity index (χ0n) is 9.57. The van der Waals surface area contributed by atoms with E-state index < -0.39 is 6.10 Å². The Morgan fingerprint density at radius 1 is 1.71 bits per heavy atom. The lowest BCUT2D eigenvalue weighted by molar-refractivity contribution is 0.0528. The molecule has 1 heterocycles. The molecule has 0 bridgehead atoms. The van der Waals surface area contributed by atoms with Gasteiger partial charge in [0.05, 0.1) is 18.8 Å². The number of aliphatic hydroxyl groups is 1. The highest BCUT2D eigenvalue weighted by Gasteiger charge is 2.32. The molecule has 0 aromatic carbocycles. The maximum absolute atomic E-state index is 9.80. The van der Waals surface area contributed by atoms with Crippen molar-refractivity contribution in [3.8, 4) is 0 Å². The van der Waals surface area contributed by atoms with Gasteiger partial charge in [-0.15, -0.1) is 0 Å². The number of nitrogens with zero attached hydrogens (tertiary/aromatic N) is 4. The second-order valence-corrected chi connectivity index (χ2v) is 5.89. The van der Waals surface area contributed by atoms with Crippen LogP contribution in [0.15, 0.2) is 5.11 Å². The summed E-state index contributed by atoms with van der Waals surface area (Å²) >= 11 is 0. The van der Waals surface area contributed by atoms with E-state index in [0.29, 0.717) is 14.8 Å². The van der Waals surface area contributed by atoms with Crippen LogP contribution in [0.25, 0.3) is 10.4 Å². The largest absolute Gasteiger partial charge is 0.393 e. The van der Waals surface area contributed by atoms with Crippen LogP contribution in [0.5, 0.6) is 0 Å². The van der Waals surface area contributed by atoms with Crippen LogP contribution in [-0.2, 0) is 4.52 Å². The zero-order chi connectivity index (χ0) is 12.7. The normalized spacial score (nSPS) is 28.2. The Morgan fingerprint density at radius 3 is 3.06 bits per heavy atom. The molecule has 0 spiro atoms. The standard InChI is InChI=1S/C8H19N4O2P3/c9-11-10-5-6(13)4-7-8(14-15)2-1-3-12(7)17-16/h6-8,13,17H,1-5,15-16H2/t6?,7-,8+/m1/s1. The van der Waals surface area contributed by atoms with E-state index in [-0.39, 0.29) is 18.7 Å². The molecule has 1 N–H and O–H groups in total. The van der Waals surface area contributed by atoms with Crippen molar-refractivity contribution in [2.24, 2.45) is 5.11 Å². The Morgan fingerprint density at radius 2 is 2.47 bits per heavy atom. The van der Waals surface area contributed by atoms with Gasteiger partial charge < -0.3 is 9.63 Å². The molecule has 1 aliphatic heterocycles. The van der Waals surface area contributed by atoms with Crippen molar-refractivity contribution in [3.05, 3.63) is 10.4 Å². The highest BCUT2D eigenvalue weighted by molar-refractivity contribution is 8.01. The molecular formula is C8H19N4O2P3. The molecule has 0 saturated carbocycles. The third-order valence-electron chi connectivity index (χ3n) is 2.93. The fraction of sp³-hybridized carbons (Fsp3) is 1.00. The molecule has 17 heavy (non-hydrogen) atoms. The summed E-state index contributed by atoms with van der Waals surface area (Å²) in [6.45, 7) is 1.16. The summed E-state index contributed by atoms with van der Waals surface area (Å²) in [4.78, 5) is 2.66. The predicted octanol–water partition coefficient (Wildman–Crippen LogP) is 2.07. The summed E-state index contributed by atoms with van der Waals surface area (Å²) in [6, 6.07) is 0.195. The molecule has 1 fully saturated rings. The van der Waals surface area contributed by atoms with Gasteiger partial charge in [-0.2, -0.15) is 0 Å². The zero-order valence-corrected chi connectivity index (χ0v) is 12.9. The Hall–Kier alpha value is 0.480. The summed E-state index contributed by atoms with van der Waals surface area (Å²) in [5, 5.41) is 13.2. The fourth-order valence-corrected chi connectivity index (χ4v) is 4.13. The van der Waals surface area contributed by atoms with Gasteiger partial charge in [-0.1, -0.05) is 14.0 Å². The van der Waals surface area contributed by atoms with Crippen molar-refractivity contribution in [2.45, 2.75) is 37.5 Å². The first kappa shape index (κ1) is 15.5. The van der Waals surface area contributed by atoms with Crippen molar-refractivity contribution in [1.29, 1.82) is 0 Å². The Kier molecular flexibility index (Phi) is 7.82. The smallest absolute Gasteiger partial charge is 0.0770 e. The van der Waals surface area contributed by atoms with Crippen LogP contribution < -0.4 is 0 Å². The van der Waals surface area contributed by atoms with Gasteiger partial charge in [0.15, 0.2) is 0 Å². The topological polar surface area (TPSA) is 81.5 Å². The average Bonchev–Trinajstić information content (AvgIpc) is 2.36. The summed E-state index contributed by atoms with van der Waals surface area (Å²) < 4.78 is 7.70. The second kappa shape index (κ2) is 8.56. The molecule has 6 nitrogen and oxygen atoms in total. The molecular weight excluding hydrogens is 277 g/mol. The summed E-state index contributed by atoms with van der Waals surface area (Å²) in [5.41, 5.74) is 8.22. The maximum atomic E-state index is 9.80. The number of hydrogen-bond donors (Lipinski definition) is 1. The molecule has 1 aliphatic rings. The minimum Gasteiger partial charge on any atom is -0.393 e. The van der Waals surface area contributed by atoms with Gasteiger partial charge in [-0.3, -0.25) is 4.67 Å². The minimum absolute atomic E-state index is 0.127. The number of aliphatic hydroxyl groups excluding tert-OH is 1. The van der Waals surface area contributed by atoms with Crippen molar-refractivity contribution in [1.82, 2.24) is 4.67 Å². The highest BCUT2D eigenvalue weighted by Crippen LogP contribution is 2.37. The molecule has 0 aromatic heterocycles. The lowest BCUT2D eigenvalue weighted by atomic mass is 9.96. The van der Waals surface area contributed by atoms with Gasteiger partial charge >= 0.3 is 0 Å². The predicted molar refractivity (Wildman–Crippen MR) is 77.0 cm³/mol. The molecule has 98 valence electrons. The van der Waals surface area contributed by atoms with E-state index in [1.165, 1.54) is 0 Å². The van der Waals surface area contributed by atoms with Gasteiger partial charge in [-0.05, 0) is 33.2 Å². The van der Waals surface area contributed by atoms with Crippen LogP contribution in [0.3, 0.4) is 0 Å². The molecule has 9 heteroatoms. The SMILES string of the molecule is [N-]=[N+]=NCC(O)C[C@@H]1[C@@H](OP)CCCN1PP. The van der Waals surface area contributed by atoms with Crippen LogP contribution in [0.4, 0.5) is 0 Å². The lowest BCUT2D eigenvalue weighted by Crippen LogP contribution is -2.45. The molecule has 4 unspecified atom stereocenters. The first-order valence-electron chi connectivity index (χ1n) is 5.50. The fourth-order valence-electron chi connectivity index (χ4n) is 2.10. The highest BCUT2D eigenvalue weighted by atomic mass is 32.0. The molecule has 6 atom stereocenters. The summed E-state index contributed by atoms with van der Waals surface area (Å²) in [6.07, 6.45) is 2.24. The number of piperidine rings is 1. The van der Waals surface area contributed by atoms with Crippen molar-refractivity contribution >= 4 is 26.8 Å². The summed E-state index contributed by atoms with van der Waals surface area (Å²) in [7, 11) is 5.67. The minimum atomic E-state index is -0.597. The first-order chi connectivity index (χ1) is 8.22. The second-order valence-electron chi connectivity index (χ2n) is 4.01. The molecule has 1 rings (SSSR count). The van der Waals surface area contributed by atoms with Crippen LogP contribution in [0, 0.1) is 0 Å². The van der Waals surface area contributed by atoms with Gasteiger partial charge in [0, 0.05) is 27.0 Å². The van der Waals surface area contributed by atoms with Crippen LogP contribution in [0.1, 0.15) is 19.3 Å². The molecule has 1 saturated heterocycles. The third-order valence-corrected chi connectivity index (χ3v) is 5.16. The number of rotatable bonds is 6. The first-order valence-corrected chi connectivity index (χ1v) is 8.73. The van der Waals surface area contributed by atoms with Crippen LogP contribution in [0.2, 0.25) is 0 Å². The van der Waals surface area contributed by atoms with Crippen molar-refractivity contribution in [2.75, 3.05) is 13.1 Å². The van der Waals surface area contributed by atoms with E-state index in [1.54, 1.807) is 0 Å². The molecule has 0 aliphatic carbocycles. The van der Waals surface area contributed by atoms with Crippen molar-refractivity contribution < 1.29 is 9.63 Å². The Bertz CT molecular complexity index is 265. The van der Waals surface area contributed by atoms with Gasteiger partial charge in [0.25, 0.3) is 0 Å². The van der Waals surface area contributed by atoms with E-state index in [0.717, 1.165) is 19.4 Å². The van der Waals surface area contributed by atoms with Gasteiger partial charge in [0.1, 0.15) is 0 Å². The average molecular weight is 296 g/mol. The van der Waals surface area contributed by atoms with E-state index in [1.807, 2.05) is 0 Å². The molecule has 0 radical (unpaired) electrons. The molecule has 0 amide bonds. The van der Waals surface area contributed by atoms with Crippen LogP contribution >= 0.6 is 26.8 Å². The van der Waals surface area contributed by atoms with Crippen LogP contribution in [-0.4, -0.2) is 41.1 Å². The van der Waals surface area contributed by atoms with E-state index in [9.17, 15) is 5.11 Å². The van der Waals surface area contributed by atoms with E-state index in [2.05, 4.69) is 33.1 Å². The Balaban J connectivity index is 2.57. The summed E-state index contributed by atoms with van der Waals surface area (Å²) in [5.74, 6) is 0. The quantitative estimate of drug-likeness (QED) is 0.352. The Labute approximate surface area is 108 Å². The van der Waals surface area contributed by atoms with Gasteiger partial charge in [0.2, 0.25) is 0 Å². The lowest BCUT2D eigenvalue weighted by Gasteiger charge is -2.40. The molecule has 0 aromatic rings.